The highest BCUT2D eigenvalue weighted by Crippen LogP contribution is 2.71. The van der Waals surface area contributed by atoms with Crippen LogP contribution in [0.3, 0.4) is 0 Å². The number of aromatic nitrogens is 6. The van der Waals surface area contributed by atoms with Crippen LogP contribution in [0.4, 0.5) is 5.82 Å². The van der Waals surface area contributed by atoms with Crippen LogP contribution in [-0.2, 0) is 49.7 Å². The van der Waals surface area contributed by atoms with Crippen LogP contribution in [0.2, 0.25) is 0 Å². The van der Waals surface area contributed by atoms with Gasteiger partial charge < -0.3 is 55.2 Å². The van der Waals surface area contributed by atoms with E-state index in [1.807, 2.05) is 4.98 Å². The summed E-state index contributed by atoms with van der Waals surface area (Å²) in [6.07, 6.45) is -10.6. The molecular weight excluding hydrogens is 786 g/mol. The Kier molecular flexibility index (Phi) is 11.4. The molecule has 2 aliphatic rings. The van der Waals surface area contributed by atoms with Crippen molar-refractivity contribution >= 4 is 48.3 Å². The van der Waals surface area contributed by atoms with Gasteiger partial charge in [-0.2, -0.15) is 12.9 Å². The molecule has 51 heavy (non-hydrogen) atoms. The van der Waals surface area contributed by atoms with E-state index in [0.29, 0.717) is 4.57 Å². The number of phosphoric acid groups is 4. The first-order chi connectivity index (χ1) is 23.6. The molecule has 32 heteroatoms. The number of nitrogen functional groups attached to an aromatic ring is 1. The van der Waals surface area contributed by atoms with Crippen molar-refractivity contribution in [2.45, 2.75) is 49.1 Å². The van der Waals surface area contributed by atoms with Gasteiger partial charge in [-0.25, -0.2) is 38.0 Å². The Hall–Kier alpha value is -2.65. The molecule has 0 aromatic carbocycles. The molecule has 0 bridgehead atoms. The highest BCUT2D eigenvalue weighted by atomic mass is 31.3. The summed E-state index contributed by atoms with van der Waals surface area (Å²) >= 11 is 0. The molecule has 0 radical (unpaired) electrons. The van der Waals surface area contributed by atoms with E-state index in [9.17, 15) is 67.8 Å². The average Bonchev–Trinajstić information content (AvgIpc) is 3.64. The number of fused-ring (bicyclic) bond motifs is 1. The number of rotatable bonds is 14. The number of hydrogen-bond donors (Lipinski definition) is 10. The lowest BCUT2D eigenvalue weighted by Gasteiger charge is -2.21. The Bertz CT molecular complexity index is 2080. The first-order valence-electron chi connectivity index (χ1n) is 13.6. The van der Waals surface area contributed by atoms with Crippen LogP contribution in [0.15, 0.2) is 34.5 Å². The van der Waals surface area contributed by atoms with Crippen molar-refractivity contribution in [3.8, 4) is 0 Å². The van der Waals surface area contributed by atoms with Gasteiger partial charge in [-0.3, -0.25) is 28.0 Å². The van der Waals surface area contributed by atoms with E-state index < -0.39 is 105 Å². The second kappa shape index (κ2) is 14.6. The lowest BCUT2D eigenvalue weighted by molar-refractivity contribution is -0.0542. The zero-order valence-corrected chi connectivity index (χ0v) is 28.4. The predicted molar refractivity (Wildman–Crippen MR) is 157 cm³/mol. The minimum atomic E-state index is -6.22. The molecule has 11 N–H and O–H groups in total. The van der Waals surface area contributed by atoms with Gasteiger partial charge in [0.15, 0.2) is 23.9 Å². The molecule has 0 amide bonds. The molecular formula is C19H27N7O21P4. The number of aliphatic hydroxyl groups excluding tert-OH is 4. The van der Waals surface area contributed by atoms with Gasteiger partial charge in [-0.1, -0.05) is 0 Å². The second-order valence-electron chi connectivity index (χ2n) is 10.4. The number of aliphatic hydroxyl groups is 4. The van der Waals surface area contributed by atoms with E-state index in [4.69, 9.17) is 15.2 Å². The lowest BCUT2D eigenvalue weighted by Crippen LogP contribution is -2.37. The maximum Gasteiger partial charge on any atom is 0.490 e. The third-order valence-corrected chi connectivity index (χ3v) is 12.8. The summed E-state index contributed by atoms with van der Waals surface area (Å²) < 4.78 is 82.0. The Morgan fingerprint density at radius 2 is 1.24 bits per heavy atom. The van der Waals surface area contributed by atoms with E-state index in [-0.39, 0.29) is 17.0 Å². The Balaban J connectivity index is 1.14. The topological polar surface area (TPSA) is 419 Å². The summed E-state index contributed by atoms with van der Waals surface area (Å²) in [6, 6.07) is 0.876. The largest absolute Gasteiger partial charge is 0.490 e. The molecule has 4 unspecified atom stereocenters. The summed E-state index contributed by atoms with van der Waals surface area (Å²) in [4.78, 5) is 76.1. The second-order valence-corrected chi connectivity index (χ2v) is 16.6. The molecule has 12 atom stereocenters. The molecule has 2 aliphatic heterocycles. The lowest BCUT2D eigenvalue weighted by atomic mass is 10.1. The molecule has 5 rings (SSSR count). The molecule has 3 aromatic heterocycles. The molecule has 3 aromatic rings. The first kappa shape index (κ1) is 39.6. The minimum Gasteiger partial charge on any atom is -0.387 e. The number of ether oxygens (including phenoxy) is 2. The fraction of sp³-hybridized carbons (Fsp3) is 0.526. The van der Waals surface area contributed by atoms with Gasteiger partial charge in [0, 0.05) is 12.3 Å². The van der Waals surface area contributed by atoms with Gasteiger partial charge >= 0.3 is 37.0 Å². The molecule has 2 saturated heterocycles. The number of anilines is 1. The minimum absolute atomic E-state index is 0.0228. The van der Waals surface area contributed by atoms with Gasteiger partial charge in [-0.05, 0) is 0 Å². The van der Waals surface area contributed by atoms with E-state index in [0.717, 1.165) is 29.5 Å². The molecule has 0 aliphatic carbocycles. The van der Waals surface area contributed by atoms with Crippen LogP contribution in [0.25, 0.3) is 11.2 Å². The van der Waals surface area contributed by atoms with Crippen molar-refractivity contribution in [1.29, 1.82) is 0 Å². The summed E-state index contributed by atoms with van der Waals surface area (Å²) in [5, 5.41) is 41.2. The highest BCUT2D eigenvalue weighted by molar-refractivity contribution is 7.69. The van der Waals surface area contributed by atoms with Crippen LogP contribution in [0.1, 0.15) is 12.5 Å². The number of hydrogen-bond acceptors (Lipinski definition) is 21. The number of phosphoric ester groups is 2. The standard InChI is InChI=1S/C19H27N7O21P4/c20-15-10-16(22-5-21-15)26(6-23-10)18-14(31)12(29)8(44-18)4-42-49(35,36)46-51(39,40)47-50(37,38)45-48(33,34)41-3-7-11(28)13(30)17(43-7)25-2-1-9(27)24-19(25)32/h1-2,5-8,11-14,17-18,28-31H,3-4H2,(H,33,34)(H,35,36)(H,37,38)(H,39,40)(H2,20,21,22)(H,24,27,32)/t7-,8-,11-,12-,13-,14-,17-,18-/m1/s1. The van der Waals surface area contributed by atoms with Gasteiger partial charge in [0.1, 0.15) is 48.5 Å². The molecule has 2 fully saturated rings. The summed E-state index contributed by atoms with van der Waals surface area (Å²) in [6.45, 7) is -2.32. The Morgan fingerprint density at radius 1 is 0.745 bits per heavy atom. The Morgan fingerprint density at radius 3 is 1.75 bits per heavy atom. The van der Waals surface area contributed by atoms with E-state index in [2.05, 4.69) is 36.9 Å². The summed E-state index contributed by atoms with van der Waals surface area (Å²) in [5.41, 5.74) is 4.02. The van der Waals surface area contributed by atoms with Crippen molar-refractivity contribution in [1.82, 2.24) is 29.1 Å². The maximum atomic E-state index is 12.4. The third-order valence-electron chi connectivity index (χ3n) is 6.88. The summed E-state index contributed by atoms with van der Waals surface area (Å²) in [7, 11) is -24.0. The average molecular weight is 813 g/mol. The molecule has 5 heterocycles. The molecule has 284 valence electrons. The zero-order chi connectivity index (χ0) is 37.7. The van der Waals surface area contributed by atoms with Gasteiger partial charge in [0.25, 0.3) is 5.56 Å². The highest BCUT2D eigenvalue weighted by Gasteiger charge is 2.50. The number of nitrogens with zero attached hydrogens (tertiary/aromatic N) is 5. The van der Waals surface area contributed by atoms with Crippen LogP contribution >= 0.6 is 31.3 Å². The van der Waals surface area contributed by atoms with Gasteiger partial charge in [0.2, 0.25) is 0 Å². The quantitative estimate of drug-likeness (QED) is 0.0712. The van der Waals surface area contributed by atoms with E-state index >= 15 is 0 Å². The van der Waals surface area contributed by atoms with Crippen LogP contribution in [0.5, 0.6) is 0 Å². The van der Waals surface area contributed by atoms with Crippen molar-refractivity contribution in [3.63, 3.8) is 0 Å². The van der Waals surface area contributed by atoms with Crippen molar-refractivity contribution < 1.29 is 89.7 Å². The number of imidazole rings is 1. The number of aromatic amines is 1. The molecule has 28 nitrogen and oxygen atoms in total. The van der Waals surface area contributed by atoms with Crippen LogP contribution < -0.4 is 17.0 Å². The van der Waals surface area contributed by atoms with Crippen molar-refractivity contribution in [2.24, 2.45) is 0 Å². The smallest absolute Gasteiger partial charge is 0.387 e. The predicted octanol–water partition coefficient (Wildman–Crippen LogP) is -3.32. The third kappa shape index (κ3) is 9.12. The van der Waals surface area contributed by atoms with E-state index in [1.165, 1.54) is 0 Å². The fourth-order valence-corrected chi connectivity index (χ4v) is 9.63. The van der Waals surface area contributed by atoms with Crippen molar-refractivity contribution in [3.05, 3.63) is 45.8 Å². The zero-order valence-electron chi connectivity index (χ0n) is 24.8. The fourth-order valence-electron chi connectivity index (χ4n) is 4.68. The van der Waals surface area contributed by atoms with Crippen molar-refractivity contribution in [2.75, 3.05) is 18.9 Å². The molecule has 0 spiro atoms. The Labute approximate surface area is 281 Å². The number of H-pyrrole nitrogens is 1. The number of nitrogens with one attached hydrogen (secondary N) is 1. The first-order valence-corrected chi connectivity index (χ1v) is 19.6. The maximum absolute atomic E-state index is 12.4. The summed E-state index contributed by atoms with van der Waals surface area (Å²) in [5.74, 6) is -0.0228. The van der Waals surface area contributed by atoms with Gasteiger partial charge in [0.05, 0.1) is 19.5 Å². The van der Waals surface area contributed by atoms with E-state index in [1.54, 1.807) is 0 Å². The van der Waals surface area contributed by atoms with Crippen LogP contribution in [-0.4, -0.2) is 119 Å². The normalized spacial score (nSPS) is 31.5. The number of nitrogens with two attached hydrogens (primary N) is 1. The van der Waals surface area contributed by atoms with Crippen LogP contribution in [0, 0.1) is 0 Å². The SMILES string of the molecule is Nc1ncnc2c1ncn2[C@@H]1O[C@H](COP(=O)(O)OP(=O)(O)OP(=O)(O)OP(=O)(O)OC[C@H]2O[C@@H](n3ccc(=O)[nH]c3=O)[C@H](O)[C@@H]2O)[C@@H](O)[C@H]1O. The monoisotopic (exact) mass is 813 g/mol. The van der Waals surface area contributed by atoms with Gasteiger partial charge in [-0.15, -0.1) is 0 Å². The molecule has 0 saturated carbocycles.